The monoisotopic (exact) mass is 240 g/mol. The molecule has 0 spiro atoms. The minimum absolute atomic E-state index is 0.127. The summed E-state index contributed by atoms with van der Waals surface area (Å²) in [7, 11) is 1.81. The second kappa shape index (κ2) is 7.45. The summed E-state index contributed by atoms with van der Waals surface area (Å²) in [5.41, 5.74) is 1.00. The van der Waals surface area contributed by atoms with E-state index < -0.39 is 0 Å². The van der Waals surface area contributed by atoms with E-state index >= 15 is 0 Å². The van der Waals surface area contributed by atoms with E-state index in [1.807, 2.05) is 14.0 Å². The lowest BCUT2D eigenvalue weighted by Gasteiger charge is -2.23. The minimum atomic E-state index is 0.127. The zero-order chi connectivity index (χ0) is 12.7. The van der Waals surface area contributed by atoms with Crippen molar-refractivity contribution in [3.63, 3.8) is 0 Å². The second-order valence-electron chi connectivity index (χ2n) is 4.78. The fourth-order valence-corrected chi connectivity index (χ4v) is 1.96. The Hall–Kier alpha value is -0.870. The van der Waals surface area contributed by atoms with E-state index in [1.165, 1.54) is 0 Å². The van der Waals surface area contributed by atoms with Gasteiger partial charge in [0.1, 0.15) is 0 Å². The molecule has 1 aliphatic heterocycles. The first-order valence-corrected chi connectivity index (χ1v) is 6.30. The molecule has 0 aromatic rings. The van der Waals surface area contributed by atoms with Gasteiger partial charge < -0.3 is 15.0 Å². The Labute approximate surface area is 104 Å². The summed E-state index contributed by atoms with van der Waals surface area (Å²) in [6.07, 6.45) is 2.90. The van der Waals surface area contributed by atoms with Gasteiger partial charge in [-0.1, -0.05) is 12.2 Å². The van der Waals surface area contributed by atoms with Crippen LogP contribution in [0.25, 0.3) is 0 Å². The van der Waals surface area contributed by atoms with Crippen LogP contribution in [0.15, 0.2) is 12.2 Å². The Morgan fingerprint density at radius 1 is 1.47 bits per heavy atom. The summed E-state index contributed by atoms with van der Waals surface area (Å²) in [6.45, 7) is 8.93. The maximum atomic E-state index is 11.7. The van der Waals surface area contributed by atoms with Gasteiger partial charge in [-0.15, -0.1) is 0 Å². The number of hydrogen-bond donors (Lipinski definition) is 1. The highest BCUT2D eigenvalue weighted by molar-refractivity contribution is 5.76. The van der Waals surface area contributed by atoms with Crippen molar-refractivity contribution >= 4 is 5.91 Å². The summed E-state index contributed by atoms with van der Waals surface area (Å²) in [6, 6.07) is 0. The van der Waals surface area contributed by atoms with Crippen molar-refractivity contribution in [1.29, 1.82) is 0 Å². The molecule has 0 radical (unpaired) electrons. The lowest BCUT2D eigenvalue weighted by Crippen LogP contribution is -2.34. The number of rotatable bonds is 6. The fraction of sp³-hybridized carbons (Fsp3) is 0.769. The predicted octanol–water partition coefficient (Wildman–Crippen LogP) is 1.18. The van der Waals surface area contributed by atoms with Crippen molar-refractivity contribution in [3.05, 3.63) is 12.2 Å². The van der Waals surface area contributed by atoms with Gasteiger partial charge >= 0.3 is 0 Å². The average Bonchev–Trinajstić information content (AvgIpc) is 2.29. The van der Waals surface area contributed by atoms with E-state index in [0.717, 1.165) is 31.5 Å². The van der Waals surface area contributed by atoms with Crippen LogP contribution >= 0.6 is 0 Å². The molecule has 0 bridgehead atoms. The number of piperidine rings is 1. The van der Waals surface area contributed by atoms with Gasteiger partial charge in [0, 0.05) is 13.6 Å². The van der Waals surface area contributed by atoms with Crippen molar-refractivity contribution < 1.29 is 9.53 Å². The number of hydrogen-bond acceptors (Lipinski definition) is 3. The fourth-order valence-electron chi connectivity index (χ4n) is 1.96. The zero-order valence-corrected chi connectivity index (χ0v) is 11.0. The number of carbonyl (C=O) groups excluding carboxylic acids is 1. The van der Waals surface area contributed by atoms with Gasteiger partial charge in [-0.05, 0) is 32.9 Å². The van der Waals surface area contributed by atoms with Crippen molar-refractivity contribution in [1.82, 2.24) is 10.2 Å². The number of carbonyl (C=O) groups is 1. The molecular weight excluding hydrogens is 216 g/mol. The average molecular weight is 240 g/mol. The van der Waals surface area contributed by atoms with Gasteiger partial charge in [0.2, 0.25) is 5.91 Å². The van der Waals surface area contributed by atoms with E-state index in [0.29, 0.717) is 25.7 Å². The normalized spacial score (nSPS) is 16.8. The molecule has 4 nitrogen and oxygen atoms in total. The molecule has 1 saturated heterocycles. The van der Waals surface area contributed by atoms with E-state index in [4.69, 9.17) is 4.74 Å². The summed E-state index contributed by atoms with van der Waals surface area (Å²) in [5, 5.41) is 3.29. The van der Waals surface area contributed by atoms with E-state index in [2.05, 4.69) is 11.9 Å². The van der Waals surface area contributed by atoms with Crippen molar-refractivity contribution in [3.8, 4) is 0 Å². The van der Waals surface area contributed by atoms with Crippen LogP contribution in [0.4, 0.5) is 0 Å². The first-order chi connectivity index (χ1) is 8.09. The molecule has 4 heteroatoms. The van der Waals surface area contributed by atoms with Crippen LogP contribution in [0.2, 0.25) is 0 Å². The van der Waals surface area contributed by atoms with E-state index in [9.17, 15) is 4.79 Å². The van der Waals surface area contributed by atoms with Gasteiger partial charge in [-0.25, -0.2) is 0 Å². The Kier molecular flexibility index (Phi) is 6.22. The molecule has 0 unspecified atom stereocenters. The molecule has 1 heterocycles. The molecule has 0 aromatic heterocycles. The van der Waals surface area contributed by atoms with Gasteiger partial charge in [-0.3, -0.25) is 4.79 Å². The maximum Gasteiger partial charge on any atom is 0.224 e. The Bertz CT molecular complexity index is 260. The standard InChI is InChI=1S/C13H24N2O2/c1-11(2)10-15(3)13(16)6-9-17-12-4-7-14-8-5-12/h12,14H,1,4-10H2,2-3H3. The van der Waals surface area contributed by atoms with Crippen LogP contribution in [0.1, 0.15) is 26.2 Å². The number of ether oxygens (including phenoxy) is 1. The quantitative estimate of drug-likeness (QED) is 0.709. The van der Waals surface area contributed by atoms with Crippen LogP contribution in [0.3, 0.4) is 0 Å². The number of amides is 1. The summed E-state index contributed by atoms with van der Waals surface area (Å²) >= 11 is 0. The summed E-state index contributed by atoms with van der Waals surface area (Å²) in [5.74, 6) is 0.127. The Morgan fingerprint density at radius 2 is 2.12 bits per heavy atom. The molecule has 0 atom stereocenters. The topological polar surface area (TPSA) is 41.6 Å². The Morgan fingerprint density at radius 3 is 2.71 bits per heavy atom. The molecule has 1 N–H and O–H groups in total. The lowest BCUT2D eigenvalue weighted by molar-refractivity contribution is -0.131. The van der Waals surface area contributed by atoms with Gasteiger partial charge in [-0.2, -0.15) is 0 Å². The predicted molar refractivity (Wildman–Crippen MR) is 68.9 cm³/mol. The van der Waals surface area contributed by atoms with Gasteiger partial charge in [0.15, 0.2) is 0 Å². The van der Waals surface area contributed by atoms with Crippen LogP contribution in [-0.2, 0) is 9.53 Å². The highest BCUT2D eigenvalue weighted by Crippen LogP contribution is 2.07. The number of nitrogens with zero attached hydrogens (tertiary/aromatic N) is 1. The Balaban J connectivity index is 2.12. The molecular formula is C13H24N2O2. The smallest absolute Gasteiger partial charge is 0.224 e. The molecule has 1 rings (SSSR count). The molecule has 0 aromatic carbocycles. The molecule has 1 amide bonds. The third kappa shape index (κ3) is 5.84. The molecule has 1 aliphatic rings. The van der Waals surface area contributed by atoms with Gasteiger partial charge in [0.25, 0.3) is 0 Å². The first-order valence-electron chi connectivity index (χ1n) is 6.30. The maximum absolute atomic E-state index is 11.7. The van der Waals surface area contributed by atoms with Crippen LogP contribution in [-0.4, -0.2) is 50.2 Å². The highest BCUT2D eigenvalue weighted by atomic mass is 16.5. The molecule has 1 fully saturated rings. The number of likely N-dealkylation sites (N-methyl/N-ethyl adjacent to an activating group) is 1. The molecule has 98 valence electrons. The largest absolute Gasteiger partial charge is 0.378 e. The van der Waals surface area contributed by atoms with Crippen molar-refractivity contribution in [2.24, 2.45) is 0 Å². The third-order valence-electron chi connectivity index (χ3n) is 2.89. The van der Waals surface area contributed by atoms with E-state index in [-0.39, 0.29) is 5.91 Å². The lowest BCUT2D eigenvalue weighted by atomic mass is 10.1. The van der Waals surface area contributed by atoms with Crippen molar-refractivity contribution in [2.75, 3.05) is 33.3 Å². The zero-order valence-electron chi connectivity index (χ0n) is 11.0. The molecule has 0 saturated carbocycles. The SMILES string of the molecule is C=C(C)CN(C)C(=O)CCOC1CCNCC1. The van der Waals surface area contributed by atoms with E-state index in [1.54, 1.807) is 4.90 Å². The first kappa shape index (κ1) is 14.2. The molecule has 0 aliphatic carbocycles. The minimum Gasteiger partial charge on any atom is -0.378 e. The summed E-state index contributed by atoms with van der Waals surface area (Å²) < 4.78 is 5.70. The van der Waals surface area contributed by atoms with Gasteiger partial charge in [0.05, 0.1) is 19.1 Å². The van der Waals surface area contributed by atoms with Crippen LogP contribution < -0.4 is 5.32 Å². The highest BCUT2D eigenvalue weighted by Gasteiger charge is 2.14. The number of nitrogens with one attached hydrogen (secondary N) is 1. The second-order valence-corrected chi connectivity index (χ2v) is 4.78. The van der Waals surface area contributed by atoms with Crippen LogP contribution in [0, 0.1) is 0 Å². The van der Waals surface area contributed by atoms with Crippen molar-refractivity contribution in [2.45, 2.75) is 32.3 Å². The van der Waals surface area contributed by atoms with Crippen LogP contribution in [0.5, 0.6) is 0 Å². The molecule has 17 heavy (non-hydrogen) atoms. The third-order valence-corrected chi connectivity index (χ3v) is 2.89. The summed E-state index contributed by atoms with van der Waals surface area (Å²) in [4.78, 5) is 13.4.